The van der Waals surface area contributed by atoms with Gasteiger partial charge in [-0.2, -0.15) is 13.2 Å². The van der Waals surface area contributed by atoms with E-state index in [1.54, 1.807) is 0 Å². The molecule has 158 valence electrons. The van der Waals surface area contributed by atoms with Crippen molar-refractivity contribution in [2.24, 2.45) is 0 Å². The zero-order valence-corrected chi connectivity index (χ0v) is 17.2. The van der Waals surface area contributed by atoms with Crippen LogP contribution in [0.5, 0.6) is 5.75 Å². The molecule has 0 radical (unpaired) electrons. The average Bonchev–Trinajstić information content (AvgIpc) is 2.60. The summed E-state index contributed by atoms with van der Waals surface area (Å²) in [4.78, 5) is 12.6. The second-order valence-electron chi connectivity index (χ2n) is 6.12. The normalized spacial score (nSPS) is 12.9. The van der Waals surface area contributed by atoms with Crippen molar-refractivity contribution in [3.05, 3.63) is 53.1 Å². The number of nitrogens with one attached hydrogen (secondary N) is 1. The largest absolute Gasteiger partial charge is 0.495 e. The third-order valence-electron chi connectivity index (χ3n) is 3.94. The Hall–Kier alpha value is -2.46. The number of hydrogen-bond donors (Lipinski definition) is 1. The van der Waals surface area contributed by atoms with Gasteiger partial charge in [-0.25, -0.2) is 8.42 Å². The second-order valence-corrected chi connectivity index (χ2v) is 8.39. The lowest BCUT2D eigenvalue weighted by molar-refractivity contribution is -0.137. The predicted octanol–water partition coefficient (Wildman–Crippen LogP) is 4.16. The summed E-state index contributed by atoms with van der Waals surface area (Å²) in [5.74, 6) is -0.508. The van der Waals surface area contributed by atoms with Crippen LogP contribution in [-0.2, 0) is 21.0 Å². The third kappa shape index (κ3) is 5.54. The Morgan fingerprint density at radius 3 is 2.38 bits per heavy atom. The van der Waals surface area contributed by atoms with Gasteiger partial charge >= 0.3 is 6.18 Å². The maximum absolute atomic E-state index is 12.8. The van der Waals surface area contributed by atoms with Crippen molar-refractivity contribution in [3.63, 3.8) is 0 Å². The zero-order valence-electron chi connectivity index (χ0n) is 15.6. The summed E-state index contributed by atoms with van der Waals surface area (Å²) < 4.78 is 69.0. The summed E-state index contributed by atoms with van der Waals surface area (Å²) in [6.45, 7) is 1.31. The predicted molar refractivity (Wildman–Crippen MR) is 105 cm³/mol. The van der Waals surface area contributed by atoms with E-state index in [-0.39, 0.29) is 16.4 Å². The lowest BCUT2D eigenvalue weighted by Crippen LogP contribution is -2.45. The Labute approximate surface area is 171 Å². The molecule has 0 spiro atoms. The number of carbonyl (C=O) groups excluding carboxylic acids is 1. The number of hydrogen-bond acceptors (Lipinski definition) is 4. The van der Waals surface area contributed by atoms with E-state index in [0.717, 1.165) is 28.8 Å². The summed E-state index contributed by atoms with van der Waals surface area (Å²) in [6, 6.07) is 6.92. The highest BCUT2D eigenvalue weighted by Crippen LogP contribution is 2.32. The van der Waals surface area contributed by atoms with Gasteiger partial charge in [-0.3, -0.25) is 9.10 Å². The number of sulfonamides is 1. The number of carbonyl (C=O) groups is 1. The van der Waals surface area contributed by atoms with E-state index in [2.05, 4.69) is 5.32 Å². The van der Waals surface area contributed by atoms with Gasteiger partial charge in [0.25, 0.3) is 0 Å². The van der Waals surface area contributed by atoms with E-state index in [1.165, 1.54) is 38.3 Å². The van der Waals surface area contributed by atoms with Crippen LogP contribution >= 0.6 is 11.6 Å². The van der Waals surface area contributed by atoms with Crippen LogP contribution in [0.2, 0.25) is 5.02 Å². The van der Waals surface area contributed by atoms with E-state index >= 15 is 0 Å². The average molecular weight is 451 g/mol. The number of alkyl halides is 3. The van der Waals surface area contributed by atoms with Crippen LogP contribution in [0, 0.1) is 0 Å². The van der Waals surface area contributed by atoms with Crippen LogP contribution in [0.3, 0.4) is 0 Å². The Kier molecular flexibility index (Phi) is 6.69. The molecule has 6 nitrogen and oxygen atoms in total. The lowest BCUT2D eigenvalue weighted by Gasteiger charge is -2.28. The lowest BCUT2D eigenvalue weighted by atomic mass is 10.2. The number of ether oxygens (including phenoxy) is 1. The Bertz CT molecular complexity index is 1010. The van der Waals surface area contributed by atoms with Crippen molar-refractivity contribution in [1.82, 2.24) is 0 Å². The van der Waals surface area contributed by atoms with E-state index in [1.807, 2.05) is 0 Å². The molecule has 0 aliphatic heterocycles. The molecule has 0 unspecified atom stereocenters. The number of benzene rings is 2. The quantitative estimate of drug-likeness (QED) is 0.717. The monoisotopic (exact) mass is 450 g/mol. The number of halogens is 4. The minimum atomic E-state index is -4.58. The van der Waals surface area contributed by atoms with E-state index in [9.17, 15) is 26.4 Å². The molecule has 0 saturated heterocycles. The number of anilines is 2. The van der Waals surface area contributed by atoms with Crippen molar-refractivity contribution in [1.29, 1.82) is 0 Å². The molecule has 0 aromatic heterocycles. The summed E-state index contributed by atoms with van der Waals surface area (Å²) >= 11 is 6.04. The van der Waals surface area contributed by atoms with Gasteiger partial charge in [0.05, 0.1) is 29.6 Å². The minimum absolute atomic E-state index is 0.102. The summed E-state index contributed by atoms with van der Waals surface area (Å²) in [5, 5.41) is 2.44. The van der Waals surface area contributed by atoms with Gasteiger partial charge < -0.3 is 10.1 Å². The van der Waals surface area contributed by atoms with Crippen LogP contribution in [0.25, 0.3) is 0 Å². The maximum Gasteiger partial charge on any atom is 0.416 e. The standard InChI is InChI=1S/C18H18ClF3N2O4S/c1-11(17(25)23-13-6-4-5-12(9-13)18(20,21)22)24(29(3,26)27)14-7-8-16(28-2)15(19)10-14/h4-11H,1-3H3,(H,23,25)/t11-/m1/s1. The first-order valence-corrected chi connectivity index (χ1v) is 10.4. The van der Waals surface area contributed by atoms with Gasteiger partial charge in [-0.15, -0.1) is 0 Å². The second kappa shape index (κ2) is 8.50. The van der Waals surface area contributed by atoms with Crippen LogP contribution in [-0.4, -0.2) is 33.7 Å². The smallest absolute Gasteiger partial charge is 0.416 e. The first-order chi connectivity index (χ1) is 13.3. The molecule has 1 atom stereocenters. The SMILES string of the molecule is COc1ccc(N([C@H](C)C(=O)Nc2cccc(C(F)(F)F)c2)S(C)(=O)=O)cc1Cl. The Morgan fingerprint density at radius 1 is 1.21 bits per heavy atom. The molecular formula is C18H18ClF3N2O4S. The Balaban J connectivity index is 2.34. The fourth-order valence-corrected chi connectivity index (χ4v) is 4.04. The van der Waals surface area contributed by atoms with E-state index in [0.29, 0.717) is 5.75 Å². The van der Waals surface area contributed by atoms with Gasteiger partial charge in [0.1, 0.15) is 11.8 Å². The van der Waals surface area contributed by atoms with E-state index < -0.39 is 33.7 Å². The zero-order chi connectivity index (χ0) is 22.0. The molecule has 11 heteroatoms. The van der Waals surface area contributed by atoms with Crippen LogP contribution in [0.15, 0.2) is 42.5 Å². The highest BCUT2D eigenvalue weighted by Gasteiger charge is 2.32. The summed E-state index contributed by atoms with van der Waals surface area (Å²) in [7, 11) is -2.54. The maximum atomic E-state index is 12.8. The molecule has 29 heavy (non-hydrogen) atoms. The summed E-state index contributed by atoms with van der Waals surface area (Å²) in [6.07, 6.45) is -3.68. The van der Waals surface area contributed by atoms with Crippen LogP contribution < -0.4 is 14.4 Å². The highest BCUT2D eigenvalue weighted by molar-refractivity contribution is 7.92. The molecular weight excluding hydrogens is 433 g/mol. The van der Waals surface area contributed by atoms with Gasteiger partial charge in [0, 0.05) is 5.69 Å². The molecule has 2 rings (SSSR count). The van der Waals surface area contributed by atoms with Crippen molar-refractivity contribution >= 4 is 38.9 Å². The van der Waals surface area contributed by atoms with Crippen LogP contribution in [0.1, 0.15) is 12.5 Å². The van der Waals surface area contributed by atoms with Gasteiger partial charge in [0.2, 0.25) is 15.9 Å². The number of amides is 1. The van der Waals surface area contributed by atoms with E-state index in [4.69, 9.17) is 16.3 Å². The van der Waals surface area contributed by atoms with Gasteiger partial charge in [0.15, 0.2) is 0 Å². The Morgan fingerprint density at radius 2 is 1.86 bits per heavy atom. The van der Waals surface area contributed by atoms with Crippen molar-refractivity contribution in [3.8, 4) is 5.75 Å². The molecule has 0 bridgehead atoms. The van der Waals surface area contributed by atoms with Crippen LogP contribution in [0.4, 0.5) is 24.5 Å². The minimum Gasteiger partial charge on any atom is -0.495 e. The van der Waals surface area contributed by atoms with Crippen molar-refractivity contribution < 1.29 is 31.1 Å². The number of nitrogens with zero attached hydrogens (tertiary/aromatic N) is 1. The summed E-state index contributed by atoms with van der Waals surface area (Å²) in [5.41, 5.74) is -0.951. The highest BCUT2D eigenvalue weighted by atomic mass is 35.5. The van der Waals surface area contributed by atoms with Crippen molar-refractivity contribution in [2.45, 2.75) is 19.1 Å². The first kappa shape index (κ1) is 22.8. The molecule has 0 fully saturated rings. The third-order valence-corrected chi connectivity index (χ3v) is 5.47. The topological polar surface area (TPSA) is 75.7 Å². The molecule has 0 aliphatic rings. The number of methoxy groups -OCH3 is 1. The molecule has 2 aromatic carbocycles. The molecule has 0 aliphatic carbocycles. The first-order valence-electron chi connectivity index (χ1n) is 8.15. The number of rotatable bonds is 6. The molecule has 1 N–H and O–H groups in total. The molecule has 0 heterocycles. The fraction of sp³-hybridized carbons (Fsp3) is 0.278. The molecule has 0 saturated carbocycles. The van der Waals surface area contributed by atoms with Crippen molar-refractivity contribution in [2.75, 3.05) is 23.0 Å². The van der Waals surface area contributed by atoms with Gasteiger partial charge in [-0.05, 0) is 43.3 Å². The van der Waals surface area contributed by atoms with Gasteiger partial charge in [-0.1, -0.05) is 17.7 Å². The molecule has 2 aromatic rings. The molecule has 1 amide bonds. The fourth-order valence-electron chi connectivity index (χ4n) is 2.62.